The number of amides is 4. The van der Waals surface area contributed by atoms with Gasteiger partial charge in [-0.15, -0.1) is 0 Å². The fourth-order valence-corrected chi connectivity index (χ4v) is 6.32. The number of hydrazine groups is 1. The van der Waals surface area contributed by atoms with Crippen LogP contribution in [0.3, 0.4) is 0 Å². The van der Waals surface area contributed by atoms with Crippen LogP contribution in [0.15, 0.2) is 54.9 Å². The first kappa shape index (κ1) is 40.1. The molecule has 1 aromatic carbocycles. The first-order valence-electron chi connectivity index (χ1n) is 17.9. The molecule has 50 heavy (non-hydrogen) atoms. The van der Waals surface area contributed by atoms with E-state index >= 15 is 0 Å². The molecule has 3 atom stereocenters. The van der Waals surface area contributed by atoms with Crippen LogP contribution in [-0.4, -0.2) is 75.9 Å². The van der Waals surface area contributed by atoms with Gasteiger partial charge in [-0.05, 0) is 60.6 Å². The summed E-state index contributed by atoms with van der Waals surface area (Å²) in [5.74, 6) is -2.47. The number of aromatic nitrogens is 1. The average molecular weight is 693 g/mol. The SMILES string of the molecule is CC(=O)N[C@H](C(=O)NN(CC1CCCCC1)C[C@H](CCc1ccccc1)N(OC(=O)Cc1cccnc1)C(=O)[C@@H](NC(C)=O)C(C)C)C(C)C. The van der Waals surface area contributed by atoms with Gasteiger partial charge in [0.25, 0.3) is 11.8 Å². The van der Waals surface area contributed by atoms with Crippen molar-refractivity contribution in [2.24, 2.45) is 17.8 Å². The third-order valence-electron chi connectivity index (χ3n) is 8.93. The molecule has 12 nitrogen and oxygen atoms in total. The summed E-state index contributed by atoms with van der Waals surface area (Å²) >= 11 is 0. The van der Waals surface area contributed by atoms with Gasteiger partial charge in [0.2, 0.25) is 11.8 Å². The van der Waals surface area contributed by atoms with Gasteiger partial charge in [0.1, 0.15) is 12.1 Å². The van der Waals surface area contributed by atoms with Gasteiger partial charge < -0.3 is 15.5 Å². The second-order valence-corrected chi connectivity index (χ2v) is 14.1. The van der Waals surface area contributed by atoms with E-state index in [2.05, 4.69) is 21.0 Å². The smallest absolute Gasteiger partial charge is 0.336 e. The summed E-state index contributed by atoms with van der Waals surface area (Å²) in [6.07, 6.45) is 9.33. The van der Waals surface area contributed by atoms with E-state index in [1.807, 2.05) is 63.0 Å². The normalized spacial score (nSPS) is 15.2. The van der Waals surface area contributed by atoms with Gasteiger partial charge in [-0.3, -0.25) is 29.6 Å². The van der Waals surface area contributed by atoms with Crippen molar-refractivity contribution in [2.45, 2.75) is 111 Å². The number of carbonyl (C=O) groups excluding carboxylic acids is 5. The van der Waals surface area contributed by atoms with Gasteiger partial charge in [0.05, 0.1) is 12.5 Å². The molecule has 1 fully saturated rings. The minimum atomic E-state index is -0.968. The van der Waals surface area contributed by atoms with E-state index in [1.54, 1.807) is 24.5 Å². The highest BCUT2D eigenvalue weighted by atomic mass is 16.7. The Morgan fingerprint density at radius 1 is 0.840 bits per heavy atom. The average Bonchev–Trinajstić information content (AvgIpc) is 3.07. The predicted octanol–water partition coefficient (Wildman–Crippen LogP) is 4.15. The standard InChI is InChI=1S/C38H56N6O6/c1-26(2)35(40-28(5)45)37(48)42-43(24-31-16-11-8-12-17-31)25-33(20-19-30-14-9-7-10-15-30)44(38(49)36(27(3)4)41-29(6)46)50-34(47)22-32-18-13-21-39-23-32/h7,9-10,13-15,18,21,23,26-27,31,33,35-36H,8,11-12,16-17,19-20,22,24-25H2,1-6H3,(H,40,45)(H,41,46)(H,42,48)/t33-,35-,36-/m0/s1. The molecule has 1 aliphatic carbocycles. The number of carbonyl (C=O) groups is 5. The molecule has 0 spiro atoms. The van der Waals surface area contributed by atoms with Crippen LogP contribution in [0.4, 0.5) is 0 Å². The van der Waals surface area contributed by atoms with Crippen molar-refractivity contribution in [2.75, 3.05) is 13.1 Å². The monoisotopic (exact) mass is 692 g/mol. The summed E-state index contributed by atoms with van der Waals surface area (Å²) in [7, 11) is 0. The molecule has 1 aliphatic rings. The Bertz CT molecular complexity index is 1380. The molecule has 1 aromatic heterocycles. The molecule has 274 valence electrons. The lowest BCUT2D eigenvalue weighted by Gasteiger charge is -2.38. The molecule has 0 aliphatic heterocycles. The van der Waals surface area contributed by atoms with Crippen LogP contribution in [0.5, 0.6) is 0 Å². The molecule has 1 heterocycles. The highest BCUT2D eigenvalue weighted by Gasteiger charge is 2.37. The second kappa shape index (κ2) is 20.4. The highest BCUT2D eigenvalue weighted by molar-refractivity contribution is 5.88. The Morgan fingerprint density at radius 3 is 2.04 bits per heavy atom. The van der Waals surface area contributed by atoms with Crippen molar-refractivity contribution in [1.82, 2.24) is 31.1 Å². The maximum absolute atomic E-state index is 14.4. The van der Waals surface area contributed by atoms with Crippen LogP contribution >= 0.6 is 0 Å². The topological polar surface area (TPSA) is 150 Å². The Hall–Kier alpha value is -4.32. The first-order valence-corrected chi connectivity index (χ1v) is 17.9. The van der Waals surface area contributed by atoms with Crippen molar-refractivity contribution in [3.05, 3.63) is 66.0 Å². The van der Waals surface area contributed by atoms with Crippen molar-refractivity contribution >= 4 is 29.6 Å². The molecule has 12 heteroatoms. The van der Waals surface area contributed by atoms with Gasteiger partial charge in [-0.25, -0.2) is 9.80 Å². The number of hydrogen-bond donors (Lipinski definition) is 3. The van der Waals surface area contributed by atoms with E-state index in [-0.39, 0.29) is 42.5 Å². The van der Waals surface area contributed by atoms with E-state index in [9.17, 15) is 24.0 Å². The Morgan fingerprint density at radius 2 is 1.46 bits per heavy atom. The minimum absolute atomic E-state index is 0.120. The third-order valence-corrected chi connectivity index (χ3v) is 8.93. The molecule has 0 saturated heterocycles. The zero-order valence-electron chi connectivity index (χ0n) is 30.5. The van der Waals surface area contributed by atoms with Gasteiger partial charge in [-0.1, -0.05) is 83.4 Å². The lowest BCUT2D eigenvalue weighted by atomic mass is 9.89. The van der Waals surface area contributed by atoms with Crippen LogP contribution in [0, 0.1) is 17.8 Å². The minimum Gasteiger partial charge on any atom is -0.344 e. The molecule has 0 bridgehead atoms. The molecular weight excluding hydrogens is 636 g/mol. The van der Waals surface area contributed by atoms with Gasteiger partial charge >= 0.3 is 5.97 Å². The summed E-state index contributed by atoms with van der Waals surface area (Å²) < 4.78 is 0. The first-order chi connectivity index (χ1) is 23.8. The number of benzene rings is 1. The summed E-state index contributed by atoms with van der Waals surface area (Å²) in [5.41, 5.74) is 4.73. The third kappa shape index (κ3) is 13.5. The van der Waals surface area contributed by atoms with Gasteiger partial charge in [0.15, 0.2) is 0 Å². The number of hydroxylamine groups is 2. The van der Waals surface area contributed by atoms with E-state index < -0.39 is 30.0 Å². The summed E-state index contributed by atoms with van der Waals surface area (Å²) in [6.45, 7) is 10.7. The van der Waals surface area contributed by atoms with E-state index in [0.717, 1.165) is 42.7 Å². The van der Waals surface area contributed by atoms with Gasteiger partial charge in [-0.2, -0.15) is 5.06 Å². The number of nitrogens with one attached hydrogen (secondary N) is 3. The highest BCUT2D eigenvalue weighted by Crippen LogP contribution is 2.25. The number of pyridine rings is 1. The van der Waals surface area contributed by atoms with E-state index in [0.29, 0.717) is 30.9 Å². The lowest BCUT2D eigenvalue weighted by molar-refractivity contribution is -0.211. The van der Waals surface area contributed by atoms with E-state index in [4.69, 9.17) is 4.84 Å². The number of hydrogen-bond acceptors (Lipinski definition) is 8. The van der Waals surface area contributed by atoms with Crippen LogP contribution in [0.25, 0.3) is 0 Å². The fraction of sp³-hybridized carbons (Fsp3) is 0.579. The molecule has 1 saturated carbocycles. The van der Waals surface area contributed by atoms with Crippen molar-refractivity contribution in [3.63, 3.8) is 0 Å². The zero-order chi connectivity index (χ0) is 36.6. The van der Waals surface area contributed by atoms with Crippen molar-refractivity contribution in [1.29, 1.82) is 0 Å². The van der Waals surface area contributed by atoms with E-state index in [1.165, 1.54) is 13.8 Å². The maximum Gasteiger partial charge on any atom is 0.336 e. The molecule has 4 amide bonds. The number of rotatable bonds is 17. The summed E-state index contributed by atoms with van der Waals surface area (Å²) in [5, 5.41) is 8.46. The molecule has 3 N–H and O–H groups in total. The maximum atomic E-state index is 14.4. The Balaban J connectivity index is 2.04. The fourth-order valence-electron chi connectivity index (χ4n) is 6.32. The van der Waals surface area contributed by atoms with Crippen LogP contribution in [0.1, 0.15) is 91.2 Å². The van der Waals surface area contributed by atoms with Crippen LogP contribution in [0.2, 0.25) is 0 Å². The zero-order valence-corrected chi connectivity index (χ0v) is 30.5. The second-order valence-electron chi connectivity index (χ2n) is 14.1. The quantitative estimate of drug-likeness (QED) is 0.210. The molecular formula is C38H56N6O6. The van der Waals surface area contributed by atoms with Crippen molar-refractivity contribution < 1.29 is 28.8 Å². The van der Waals surface area contributed by atoms with Crippen molar-refractivity contribution in [3.8, 4) is 0 Å². The predicted molar refractivity (Wildman–Crippen MR) is 191 cm³/mol. The number of aryl methyl sites for hydroxylation is 1. The largest absolute Gasteiger partial charge is 0.344 e. The molecule has 2 aromatic rings. The summed E-state index contributed by atoms with van der Waals surface area (Å²) in [4.78, 5) is 76.1. The Labute approximate surface area is 297 Å². The van der Waals surface area contributed by atoms with Crippen LogP contribution < -0.4 is 16.1 Å². The van der Waals surface area contributed by atoms with Crippen LogP contribution in [-0.2, 0) is 41.7 Å². The Kier molecular flexibility index (Phi) is 16.3. The molecule has 0 unspecified atom stereocenters. The van der Waals surface area contributed by atoms with Gasteiger partial charge in [0, 0.05) is 39.3 Å². The molecule has 0 radical (unpaired) electrons. The molecule has 3 rings (SSSR count). The number of nitrogens with zero attached hydrogens (tertiary/aromatic N) is 3. The lowest BCUT2D eigenvalue weighted by Crippen LogP contribution is -2.60. The summed E-state index contributed by atoms with van der Waals surface area (Å²) in [6, 6.07) is 10.8.